The lowest BCUT2D eigenvalue weighted by Crippen LogP contribution is -2.37. The highest BCUT2D eigenvalue weighted by molar-refractivity contribution is 5.70. The third-order valence-corrected chi connectivity index (χ3v) is 2.27. The summed E-state index contributed by atoms with van der Waals surface area (Å²) in [6, 6.07) is 0. The summed E-state index contributed by atoms with van der Waals surface area (Å²) in [6.07, 6.45) is 2.20. The van der Waals surface area contributed by atoms with Crippen molar-refractivity contribution in [3.63, 3.8) is 0 Å². The number of aliphatic carboxylic acids is 1. The van der Waals surface area contributed by atoms with E-state index in [1.54, 1.807) is 0 Å². The zero-order valence-electron chi connectivity index (χ0n) is 6.90. The van der Waals surface area contributed by atoms with Crippen molar-refractivity contribution < 1.29 is 14.7 Å². The Morgan fingerprint density at radius 1 is 1.50 bits per heavy atom. The normalized spacial score (nSPS) is 20.7. The Morgan fingerprint density at radius 2 is 2.08 bits per heavy atom. The number of carbonyl (C=O) groups excluding carboxylic acids is 1. The summed E-state index contributed by atoms with van der Waals surface area (Å²) >= 11 is 0. The van der Waals surface area contributed by atoms with Crippen LogP contribution in [0.4, 0.5) is 0 Å². The molecule has 0 amide bonds. The molecule has 0 unspecified atom stereocenters. The third-order valence-electron chi connectivity index (χ3n) is 2.27. The van der Waals surface area contributed by atoms with Crippen molar-refractivity contribution in [3.05, 3.63) is 0 Å². The molecule has 1 saturated heterocycles. The van der Waals surface area contributed by atoms with Gasteiger partial charge in [0, 0.05) is 0 Å². The van der Waals surface area contributed by atoms with Gasteiger partial charge in [0.05, 0.1) is 12.5 Å². The van der Waals surface area contributed by atoms with Crippen molar-refractivity contribution in [2.45, 2.75) is 12.8 Å². The maximum atomic E-state index is 10.5. The zero-order chi connectivity index (χ0) is 8.97. The van der Waals surface area contributed by atoms with Crippen LogP contribution in [0.3, 0.4) is 0 Å². The van der Waals surface area contributed by atoms with E-state index in [-0.39, 0.29) is 5.92 Å². The predicted molar refractivity (Wildman–Crippen MR) is 42.9 cm³/mol. The van der Waals surface area contributed by atoms with Gasteiger partial charge in [0.15, 0.2) is 0 Å². The van der Waals surface area contributed by atoms with Crippen molar-refractivity contribution >= 4 is 12.3 Å². The SMILES string of the molecule is O=CCN1CCC(C(=O)O)CC1. The van der Waals surface area contributed by atoms with Crippen LogP contribution in [0, 0.1) is 5.92 Å². The van der Waals surface area contributed by atoms with Gasteiger partial charge in [-0.05, 0) is 25.9 Å². The fourth-order valence-corrected chi connectivity index (χ4v) is 1.47. The average molecular weight is 171 g/mol. The Hall–Kier alpha value is -0.900. The highest BCUT2D eigenvalue weighted by Crippen LogP contribution is 2.16. The highest BCUT2D eigenvalue weighted by atomic mass is 16.4. The summed E-state index contributed by atoms with van der Waals surface area (Å²) in [4.78, 5) is 22.6. The first kappa shape index (κ1) is 9.19. The molecule has 1 rings (SSSR count). The summed E-state index contributed by atoms with van der Waals surface area (Å²) in [5, 5.41) is 8.67. The van der Waals surface area contributed by atoms with Crippen molar-refractivity contribution in [3.8, 4) is 0 Å². The van der Waals surface area contributed by atoms with Crippen LogP contribution in [0.15, 0.2) is 0 Å². The van der Waals surface area contributed by atoms with Gasteiger partial charge in [0.2, 0.25) is 0 Å². The van der Waals surface area contributed by atoms with Crippen LogP contribution in [-0.4, -0.2) is 41.9 Å². The molecule has 0 radical (unpaired) electrons. The number of hydrogen-bond donors (Lipinski definition) is 1. The minimum Gasteiger partial charge on any atom is -0.481 e. The lowest BCUT2D eigenvalue weighted by atomic mass is 9.97. The Balaban J connectivity index is 2.29. The second kappa shape index (κ2) is 4.21. The third kappa shape index (κ3) is 2.30. The van der Waals surface area contributed by atoms with Gasteiger partial charge in [-0.2, -0.15) is 0 Å². The zero-order valence-corrected chi connectivity index (χ0v) is 6.90. The highest BCUT2D eigenvalue weighted by Gasteiger charge is 2.23. The molecule has 4 heteroatoms. The number of carbonyl (C=O) groups is 2. The Kier molecular flexibility index (Phi) is 3.22. The van der Waals surface area contributed by atoms with E-state index in [9.17, 15) is 9.59 Å². The van der Waals surface area contributed by atoms with Crippen molar-refractivity contribution in [1.29, 1.82) is 0 Å². The van der Waals surface area contributed by atoms with Gasteiger partial charge >= 0.3 is 5.97 Å². The topological polar surface area (TPSA) is 57.6 Å². The lowest BCUT2D eigenvalue weighted by molar-refractivity contribution is -0.143. The number of likely N-dealkylation sites (tertiary alicyclic amines) is 1. The first-order chi connectivity index (χ1) is 5.74. The van der Waals surface area contributed by atoms with E-state index in [0.717, 1.165) is 19.4 Å². The maximum absolute atomic E-state index is 10.5. The lowest BCUT2D eigenvalue weighted by Gasteiger charge is -2.28. The summed E-state index contributed by atoms with van der Waals surface area (Å²) in [5.41, 5.74) is 0. The van der Waals surface area contributed by atoms with Crippen LogP contribution < -0.4 is 0 Å². The molecule has 4 nitrogen and oxygen atoms in total. The van der Waals surface area contributed by atoms with Gasteiger partial charge in [0.1, 0.15) is 6.29 Å². The number of carboxylic acid groups (broad SMARTS) is 1. The van der Waals surface area contributed by atoms with E-state index < -0.39 is 5.97 Å². The van der Waals surface area contributed by atoms with Crippen LogP contribution >= 0.6 is 0 Å². The first-order valence-corrected chi connectivity index (χ1v) is 4.13. The molecule has 68 valence electrons. The first-order valence-electron chi connectivity index (χ1n) is 4.13. The van der Waals surface area contributed by atoms with Crippen molar-refractivity contribution in [2.24, 2.45) is 5.92 Å². The molecule has 0 aliphatic carbocycles. The number of nitrogens with zero attached hydrogens (tertiary/aromatic N) is 1. The van der Waals surface area contributed by atoms with Crippen LogP contribution in [0.2, 0.25) is 0 Å². The van der Waals surface area contributed by atoms with E-state index in [4.69, 9.17) is 5.11 Å². The van der Waals surface area contributed by atoms with E-state index in [1.807, 2.05) is 4.90 Å². The molecule has 0 bridgehead atoms. The van der Waals surface area contributed by atoms with Gasteiger partial charge in [0.25, 0.3) is 0 Å². The summed E-state index contributed by atoms with van der Waals surface area (Å²) < 4.78 is 0. The van der Waals surface area contributed by atoms with Gasteiger partial charge in [-0.1, -0.05) is 0 Å². The summed E-state index contributed by atoms with van der Waals surface area (Å²) in [5.74, 6) is -0.909. The molecule has 0 atom stereocenters. The molecule has 1 aliphatic heterocycles. The molecule has 0 aromatic rings. The molecule has 1 N–H and O–H groups in total. The van der Waals surface area contributed by atoms with Crippen LogP contribution in [0.1, 0.15) is 12.8 Å². The fourth-order valence-electron chi connectivity index (χ4n) is 1.47. The summed E-state index contributed by atoms with van der Waals surface area (Å²) in [7, 11) is 0. The average Bonchev–Trinajstić information content (AvgIpc) is 2.06. The van der Waals surface area contributed by atoms with E-state index in [0.29, 0.717) is 19.4 Å². The minimum atomic E-state index is -0.708. The summed E-state index contributed by atoms with van der Waals surface area (Å²) in [6.45, 7) is 1.90. The fraction of sp³-hybridized carbons (Fsp3) is 0.750. The molecule has 1 fully saturated rings. The molecule has 1 heterocycles. The molecule has 0 saturated carbocycles. The molecule has 0 aromatic heterocycles. The van der Waals surface area contributed by atoms with Crippen molar-refractivity contribution in [1.82, 2.24) is 4.90 Å². The quantitative estimate of drug-likeness (QED) is 0.606. The number of carboxylic acids is 1. The minimum absolute atomic E-state index is 0.201. The standard InChI is InChI=1S/C8H13NO3/c10-6-5-9-3-1-7(2-4-9)8(11)12/h6-7H,1-5H2,(H,11,12). The number of piperidine rings is 1. The van der Waals surface area contributed by atoms with E-state index in [1.165, 1.54) is 0 Å². The molecule has 0 spiro atoms. The molecular formula is C8H13NO3. The van der Waals surface area contributed by atoms with E-state index >= 15 is 0 Å². The molecular weight excluding hydrogens is 158 g/mol. The largest absolute Gasteiger partial charge is 0.481 e. The van der Waals surface area contributed by atoms with Crippen LogP contribution in [0.5, 0.6) is 0 Å². The van der Waals surface area contributed by atoms with E-state index in [2.05, 4.69) is 0 Å². The van der Waals surface area contributed by atoms with Crippen molar-refractivity contribution in [2.75, 3.05) is 19.6 Å². The predicted octanol–water partition coefficient (Wildman–Crippen LogP) is -0.0181. The Labute approximate surface area is 71.2 Å². The number of hydrogen-bond acceptors (Lipinski definition) is 3. The maximum Gasteiger partial charge on any atom is 0.306 e. The van der Waals surface area contributed by atoms with Gasteiger partial charge in [-0.15, -0.1) is 0 Å². The van der Waals surface area contributed by atoms with Crippen LogP contribution in [-0.2, 0) is 9.59 Å². The van der Waals surface area contributed by atoms with Gasteiger partial charge in [-0.3, -0.25) is 9.69 Å². The second-order valence-corrected chi connectivity index (χ2v) is 3.08. The number of aldehydes is 1. The molecule has 12 heavy (non-hydrogen) atoms. The van der Waals surface area contributed by atoms with Crippen LogP contribution in [0.25, 0.3) is 0 Å². The molecule has 0 aromatic carbocycles. The monoisotopic (exact) mass is 171 g/mol. The number of rotatable bonds is 3. The van der Waals surface area contributed by atoms with Gasteiger partial charge < -0.3 is 9.90 Å². The second-order valence-electron chi connectivity index (χ2n) is 3.08. The Bertz CT molecular complexity index is 173. The smallest absolute Gasteiger partial charge is 0.306 e. The Morgan fingerprint density at radius 3 is 2.50 bits per heavy atom. The molecule has 1 aliphatic rings. The van der Waals surface area contributed by atoms with Gasteiger partial charge in [-0.25, -0.2) is 0 Å².